The molecule has 1 saturated heterocycles. The molecule has 160 valence electrons. The van der Waals surface area contributed by atoms with Crippen molar-refractivity contribution in [3.63, 3.8) is 0 Å². The van der Waals surface area contributed by atoms with Crippen LogP contribution < -0.4 is 5.46 Å². The van der Waals surface area contributed by atoms with Gasteiger partial charge < -0.3 is 19.5 Å². The normalized spacial score (nSPS) is 30.7. The molecule has 0 spiro atoms. The fourth-order valence-electron chi connectivity index (χ4n) is 4.74. The molecule has 3 rings (SSSR count). The SMILES string of the molecule is CC1(O)CC(c2ccc(B3OC(C)(C)C(C)(C)O3)cc2)(N(C(=O)O)C(C)(C)C)C1. The number of carboxylic acid groups (broad SMARTS) is 1. The van der Waals surface area contributed by atoms with Crippen molar-refractivity contribution in [1.29, 1.82) is 0 Å². The van der Waals surface area contributed by atoms with E-state index < -0.39 is 41.1 Å². The lowest BCUT2D eigenvalue weighted by Crippen LogP contribution is -2.67. The average molecular weight is 403 g/mol. The largest absolute Gasteiger partial charge is 0.494 e. The fraction of sp³-hybridized carbons (Fsp3) is 0.682. The highest BCUT2D eigenvalue weighted by Crippen LogP contribution is 2.54. The second-order valence-electron chi connectivity index (χ2n) is 10.9. The van der Waals surface area contributed by atoms with Crippen molar-refractivity contribution < 1.29 is 24.3 Å². The van der Waals surface area contributed by atoms with Gasteiger partial charge in [0.15, 0.2) is 0 Å². The van der Waals surface area contributed by atoms with Gasteiger partial charge in [0.05, 0.1) is 22.3 Å². The van der Waals surface area contributed by atoms with E-state index in [0.717, 1.165) is 11.0 Å². The van der Waals surface area contributed by atoms with Gasteiger partial charge in [0.25, 0.3) is 0 Å². The Bertz CT molecular complexity index is 770. The summed E-state index contributed by atoms with van der Waals surface area (Å²) in [7, 11) is -0.465. The topological polar surface area (TPSA) is 79.2 Å². The molecular weight excluding hydrogens is 369 g/mol. The second-order valence-corrected chi connectivity index (χ2v) is 10.9. The highest BCUT2D eigenvalue weighted by molar-refractivity contribution is 6.62. The smallest absolute Gasteiger partial charge is 0.465 e. The predicted molar refractivity (Wildman–Crippen MR) is 113 cm³/mol. The van der Waals surface area contributed by atoms with Gasteiger partial charge in [-0.15, -0.1) is 0 Å². The quantitative estimate of drug-likeness (QED) is 0.756. The number of amides is 1. The summed E-state index contributed by atoms with van der Waals surface area (Å²) < 4.78 is 12.2. The summed E-state index contributed by atoms with van der Waals surface area (Å²) in [6.07, 6.45) is -0.262. The molecule has 7 heteroatoms. The zero-order chi connectivity index (χ0) is 22.0. The molecule has 29 heavy (non-hydrogen) atoms. The molecule has 0 atom stereocenters. The number of carbonyl (C=O) groups is 1. The molecule has 1 aliphatic heterocycles. The molecule has 1 aromatic carbocycles. The summed E-state index contributed by atoms with van der Waals surface area (Å²) in [4.78, 5) is 13.7. The van der Waals surface area contributed by atoms with Crippen LogP contribution in [0.2, 0.25) is 0 Å². The minimum absolute atomic E-state index is 0.361. The molecule has 0 radical (unpaired) electrons. The Hall–Kier alpha value is -1.57. The van der Waals surface area contributed by atoms with Crippen LogP contribution in [0.5, 0.6) is 0 Å². The Balaban J connectivity index is 1.95. The lowest BCUT2D eigenvalue weighted by molar-refractivity contribution is -0.152. The lowest BCUT2D eigenvalue weighted by atomic mass is 9.60. The Morgan fingerprint density at radius 1 is 1.00 bits per heavy atom. The van der Waals surface area contributed by atoms with Crippen LogP contribution in [0.3, 0.4) is 0 Å². The fourth-order valence-corrected chi connectivity index (χ4v) is 4.74. The van der Waals surface area contributed by atoms with Gasteiger partial charge in [-0.3, -0.25) is 4.90 Å². The number of hydrogen-bond acceptors (Lipinski definition) is 4. The van der Waals surface area contributed by atoms with Crippen LogP contribution in [0.4, 0.5) is 4.79 Å². The van der Waals surface area contributed by atoms with Crippen molar-refractivity contribution in [2.75, 3.05) is 0 Å². The van der Waals surface area contributed by atoms with Gasteiger partial charge in [0.2, 0.25) is 0 Å². The van der Waals surface area contributed by atoms with E-state index in [9.17, 15) is 15.0 Å². The van der Waals surface area contributed by atoms with E-state index in [1.165, 1.54) is 4.90 Å². The van der Waals surface area contributed by atoms with Gasteiger partial charge in [-0.1, -0.05) is 24.3 Å². The van der Waals surface area contributed by atoms with Crippen molar-refractivity contribution in [3.8, 4) is 0 Å². The van der Waals surface area contributed by atoms with Crippen LogP contribution in [0.25, 0.3) is 0 Å². The molecule has 1 heterocycles. The number of aliphatic hydroxyl groups is 1. The van der Waals surface area contributed by atoms with Gasteiger partial charge in [-0.05, 0) is 66.4 Å². The maximum atomic E-state index is 12.2. The van der Waals surface area contributed by atoms with Gasteiger partial charge in [-0.25, -0.2) is 4.79 Å². The molecule has 0 aromatic heterocycles. The molecule has 1 aromatic rings. The van der Waals surface area contributed by atoms with Crippen molar-refractivity contribution in [2.45, 2.75) is 96.1 Å². The highest BCUT2D eigenvalue weighted by atomic mass is 16.7. The van der Waals surface area contributed by atoms with E-state index in [4.69, 9.17) is 9.31 Å². The third-order valence-corrected chi connectivity index (χ3v) is 6.61. The van der Waals surface area contributed by atoms with Crippen LogP contribution in [0.15, 0.2) is 24.3 Å². The van der Waals surface area contributed by atoms with E-state index in [-0.39, 0.29) is 0 Å². The van der Waals surface area contributed by atoms with Gasteiger partial charge in [0.1, 0.15) is 0 Å². The van der Waals surface area contributed by atoms with E-state index in [2.05, 4.69) is 0 Å². The Kier molecular flexibility index (Phi) is 4.93. The van der Waals surface area contributed by atoms with E-state index in [1.54, 1.807) is 6.92 Å². The molecule has 2 fully saturated rings. The minimum Gasteiger partial charge on any atom is -0.465 e. The van der Waals surface area contributed by atoms with Crippen molar-refractivity contribution in [2.24, 2.45) is 0 Å². The number of benzene rings is 1. The zero-order valence-electron chi connectivity index (χ0n) is 18.9. The molecule has 0 unspecified atom stereocenters. The van der Waals surface area contributed by atoms with Crippen LogP contribution in [0.1, 0.15) is 73.8 Å². The molecule has 2 aliphatic rings. The highest BCUT2D eigenvalue weighted by Gasteiger charge is 2.59. The molecule has 0 bridgehead atoms. The van der Waals surface area contributed by atoms with Gasteiger partial charge in [-0.2, -0.15) is 0 Å². The summed E-state index contributed by atoms with van der Waals surface area (Å²) in [5.74, 6) is 0. The predicted octanol–water partition coefficient (Wildman–Crippen LogP) is 3.50. The Morgan fingerprint density at radius 2 is 1.45 bits per heavy atom. The van der Waals surface area contributed by atoms with Crippen molar-refractivity contribution >= 4 is 18.7 Å². The lowest BCUT2D eigenvalue weighted by Gasteiger charge is -2.60. The molecule has 1 saturated carbocycles. The summed E-state index contributed by atoms with van der Waals surface area (Å²) in [6.45, 7) is 15.5. The monoisotopic (exact) mass is 403 g/mol. The second kappa shape index (κ2) is 6.46. The summed E-state index contributed by atoms with van der Waals surface area (Å²) >= 11 is 0. The van der Waals surface area contributed by atoms with E-state index in [0.29, 0.717) is 12.8 Å². The number of hydrogen-bond donors (Lipinski definition) is 2. The summed E-state index contributed by atoms with van der Waals surface area (Å²) in [5.41, 5.74) is -1.32. The molecule has 1 aliphatic carbocycles. The third kappa shape index (κ3) is 3.69. The standard InChI is InChI=1S/C22H34BNO5/c1-18(2,3)24(17(25)26)22(13-21(8,27)14-22)15-9-11-16(12-10-15)23-28-19(4,5)20(6,7)29-23/h9-12,27H,13-14H2,1-8H3,(H,25,26). The first-order valence-electron chi connectivity index (χ1n) is 10.2. The molecule has 1 amide bonds. The Labute approximate surface area is 174 Å². The number of rotatable bonds is 3. The van der Waals surface area contributed by atoms with Gasteiger partial charge in [0, 0.05) is 18.4 Å². The zero-order valence-corrected chi connectivity index (χ0v) is 18.9. The maximum absolute atomic E-state index is 12.2. The van der Waals surface area contributed by atoms with E-state index >= 15 is 0 Å². The number of nitrogens with zero attached hydrogens (tertiary/aromatic N) is 1. The van der Waals surface area contributed by atoms with Crippen LogP contribution in [0, 0.1) is 0 Å². The third-order valence-electron chi connectivity index (χ3n) is 6.61. The summed E-state index contributed by atoms with van der Waals surface area (Å²) in [5, 5.41) is 20.5. The van der Waals surface area contributed by atoms with Crippen molar-refractivity contribution in [3.05, 3.63) is 29.8 Å². The van der Waals surface area contributed by atoms with Crippen LogP contribution >= 0.6 is 0 Å². The molecule has 2 N–H and O–H groups in total. The maximum Gasteiger partial charge on any atom is 0.494 e. The molecule has 6 nitrogen and oxygen atoms in total. The van der Waals surface area contributed by atoms with Gasteiger partial charge >= 0.3 is 13.2 Å². The average Bonchev–Trinajstić information content (AvgIpc) is 2.71. The van der Waals surface area contributed by atoms with Crippen LogP contribution in [-0.2, 0) is 14.8 Å². The summed E-state index contributed by atoms with van der Waals surface area (Å²) in [6, 6.07) is 7.76. The first kappa shape index (κ1) is 22.1. The minimum atomic E-state index is -0.983. The molecular formula is C22H34BNO5. The first-order chi connectivity index (χ1) is 13.0. The van der Waals surface area contributed by atoms with E-state index in [1.807, 2.05) is 72.7 Å². The first-order valence-corrected chi connectivity index (χ1v) is 10.2. The van der Waals surface area contributed by atoms with Crippen molar-refractivity contribution in [1.82, 2.24) is 4.90 Å². The Morgan fingerprint density at radius 3 is 1.79 bits per heavy atom. The van der Waals surface area contributed by atoms with Crippen LogP contribution in [-0.4, -0.2) is 50.7 Å².